The summed E-state index contributed by atoms with van der Waals surface area (Å²) in [6, 6.07) is 4.17. The van der Waals surface area contributed by atoms with Gasteiger partial charge in [0, 0.05) is 0 Å². The Bertz CT molecular complexity index is 248. The second-order valence-corrected chi connectivity index (χ2v) is 2.63. The molecule has 60 valence electrons. The van der Waals surface area contributed by atoms with Gasteiger partial charge < -0.3 is 0 Å². The van der Waals surface area contributed by atoms with Crippen molar-refractivity contribution in [2.75, 3.05) is 5.75 Å². The molecule has 3 heteroatoms. The molecule has 0 spiro atoms. The van der Waals surface area contributed by atoms with Crippen molar-refractivity contribution in [2.45, 2.75) is 6.42 Å². The minimum absolute atomic E-state index is 0.389. The molecular formula is C8H8F2S. The number of benzene rings is 1. The third-order valence-electron chi connectivity index (χ3n) is 1.41. The molecule has 0 amide bonds. The van der Waals surface area contributed by atoms with Gasteiger partial charge in [0.1, 0.15) is 0 Å². The van der Waals surface area contributed by atoms with Crippen LogP contribution in [0.4, 0.5) is 8.78 Å². The van der Waals surface area contributed by atoms with Gasteiger partial charge in [-0.3, -0.25) is 0 Å². The highest BCUT2D eigenvalue weighted by Gasteiger charge is 2.05. The smallest absolute Gasteiger partial charge is 0.162 e. The van der Waals surface area contributed by atoms with Crippen molar-refractivity contribution in [3.63, 3.8) is 0 Å². The zero-order valence-electron chi connectivity index (χ0n) is 5.85. The largest absolute Gasteiger partial charge is 0.204 e. The first-order valence-electron chi connectivity index (χ1n) is 3.29. The summed E-state index contributed by atoms with van der Waals surface area (Å²) < 4.78 is 25.3. The SMILES string of the molecule is Fc1cccc(CCS)c1F. The number of aryl methyl sites for hydroxylation is 1. The second kappa shape index (κ2) is 3.72. The summed E-state index contributed by atoms with van der Waals surface area (Å²) in [4.78, 5) is 0. The van der Waals surface area contributed by atoms with Crippen LogP contribution < -0.4 is 0 Å². The Labute approximate surface area is 69.6 Å². The van der Waals surface area contributed by atoms with Gasteiger partial charge in [-0.1, -0.05) is 12.1 Å². The van der Waals surface area contributed by atoms with Gasteiger partial charge in [0.2, 0.25) is 0 Å². The van der Waals surface area contributed by atoms with Crippen LogP contribution in [0.15, 0.2) is 18.2 Å². The van der Waals surface area contributed by atoms with E-state index in [2.05, 4.69) is 12.6 Å². The zero-order chi connectivity index (χ0) is 8.27. The van der Waals surface area contributed by atoms with E-state index in [1.54, 1.807) is 6.07 Å². The van der Waals surface area contributed by atoms with Crippen molar-refractivity contribution in [3.05, 3.63) is 35.4 Å². The van der Waals surface area contributed by atoms with Gasteiger partial charge in [0.05, 0.1) is 0 Å². The lowest BCUT2D eigenvalue weighted by molar-refractivity contribution is 0.500. The molecule has 0 N–H and O–H groups in total. The zero-order valence-corrected chi connectivity index (χ0v) is 6.74. The molecule has 1 aromatic rings. The van der Waals surface area contributed by atoms with Crippen molar-refractivity contribution >= 4 is 12.6 Å². The molecule has 0 aliphatic rings. The first-order valence-corrected chi connectivity index (χ1v) is 3.92. The van der Waals surface area contributed by atoms with Crippen molar-refractivity contribution in [2.24, 2.45) is 0 Å². The first-order chi connectivity index (χ1) is 5.25. The molecule has 0 heterocycles. The number of hydrogen-bond donors (Lipinski definition) is 1. The maximum Gasteiger partial charge on any atom is 0.162 e. The molecule has 0 nitrogen and oxygen atoms in total. The average molecular weight is 174 g/mol. The maximum atomic E-state index is 12.8. The van der Waals surface area contributed by atoms with Gasteiger partial charge in [0.15, 0.2) is 11.6 Å². The molecule has 0 saturated carbocycles. The van der Waals surface area contributed by atoms with Crippen molar-refractivity contribution in [1.82, 2.24) is 0 Å². The normalized spacial score (nSPS) is 10.1. The van der Waals surface area contributed by atoms with E-state index >= 15 is 0 Å². The van der Waals surface area contributed by atoms with E-state index in [0.29, 0.717) is 17.7 Å². The summed E-state index contributed by atoms with van der Waals surface area (Å²) in [5.41, 5.74) is 0.389. The van der Waals surface area contributed by atoms with Crippen LogP contribution in [0.1, 0.15) is 5.56 Å². The van der Waals surface area contributed by atoms with Crippen LogP contribution in [0.3, 0.4) is 0 Å². The highest BCUT2D eigenvalue weighted by molar-refractivity contribution is 7.80. The van der Waals surface area contributed by atoms with Crippen LogP contribution in [-0.2, 0) is 6.42 Å². The molecule has 0 aromatic heterocycles. The van der Waals surface area contributed by atoms with Gasteiger partial charge in [-0.2, -0.15) is 12.6 Å². The molecule has 0 radical (unpaired) electrons. The van der Waals surface area contributed by atoms with E-state index in [1.807, 2.05) is 0 Å². The van der Waals surface area contributed by atoms with E-state index in [9.17, 15) is 8.78 Å². The summed E-state index contributed by atoms with van der Waals surface area (Å²) in [7, 11) is 0. The van der Waals surface area contributed by atoms with Gasteiger partial charge in [0.25, 0.3) is 0 Å². The fraction of sp³-hybridized carbons (Fsp3) is 0.250. The van der Waals surface area contributed by atoms with Crippen LogP contribution in [0.5, 0.6) is 0 Å². The van der Waals surface area contributed by atoms with E-state index < -0.39 is 11.6 Å². The van der Waals surface area contributed by atoms with Crippen LogP contribution in [0.2, 0.25) is 0 Å². The van der Waals surface area contributed by atoms with Crippen molar-refractivity contribution in [1.29, 1.82) is 0 Å². The Balaban J connectivity index is 2.96. The first kappa shape index (κ1) is 8.53. The predicted octanol–water partition coefficient (Wildman–Crippen LogP) is 2.44. The maximum absolute atomic E-state index is 12.8. The van der Waals surface area contributed by atoms with Gasteiger partial charge in [-0.15, -0.1) is 0 Å². The summed E-state index contributed by atoms with van der Waals surface area (Å²) >= 11 is 3.92. The molecule has 0 atom stereocenters. The van der Waals surface area contributed by atoms with Crippen molar-refractivity contribution < 1.29 is 8.78 Å². The minimum atomic E-state index is -0.788. The van der Waals surface area contributed by atoms with E-state index in [-0.39, 0.29) is 0 Å². The summed E-state index contributed by atoms with van der Waals surface area (Å²) in [5, 5.41) is 0. The molecular weight excluding hydrogens is 166 g/mol. The van der Waals surface area contributed by atoms with E-state index in [4.69, 9.17) is 0 Å². The highest BCUT2D eigenvalue weighted by Crippen LogP contribution is 2.11. The Morgan fingerprint density at radius 2 is 2.00 bits per heavy atom. The standard InChI is InChI=1S/C8H8F2S/c9-7-3-1-2-6(4-5-11)8(7)10/h1-3,11H,4-5H2. The minimum Gasteiger partial charge on any atom is -0.204 e. The Morgan fingerprint density at radius 3 is 2.64 bits per heavy atom. The van der Waals surface area contributed by atoms with E-state index in [0.717, 1.165) is 6.07 Å². The molecule has 0 aliphatic heterocycles. The average Bonchev–Trinajstić information content (AvgIpc) is 1.99. The fourth-order valence-corrected chi connectivity index (χ4v) is 1.10. The Kier molecular flexibility index (Phi) is 2.88. The topological polar surface area (TPSA) is 0 Å². The fourth-order valence-electron chi connectivity index (χ4n) is 0.862. The van der Waals surface area contributed by atoms with Crippen molar-refractivity contribution in [3.8, 4) is 0 Å². The van der Waals surface area contributed by atoms with Crippen LogP contribution in [0.25, 0.3) is 0 Å². The van der Waals surface area contributed by atoms with E-state index in [1.165, 1.54) is 6.07 Å². The summed E-state index contributed by atoms with van der Waals surface area (Å²) in [5.74, 6) is -1.01. The molecule has 11 heavy (non-hydrogen) atoms. The second-order valence-electron chi connectivity index (χ2n) is 2.19. The Morgan fingerprint density at radius 1 is 1.27 bits per heavy atom. The van der Waals surface area contributed by atoms with Crippen LogP contribution in [0, 0.1) is 11.6 Å². The third-order valence-corrected chi connectivity index (χ3v) is 1.64. The lowest BCUT2D eigenvalue weighted by Crippen LogP contribution is -1.94. The number of hydrogen-bond acceptors (Lipinski definition) is 1. The third kappa shape index (κ3) is 1.93. The molecule has 1 rings (SSSR count). The molecule has 0 bridgehead atoms. The molecule has 0 saturated heterocycles. The molecule has 1 aromatic carbocycles. The molecule has 0 unspecified atom stereocenters. The lowest BCUT2D eigenvalue weighted by Gasteiger charge is -1.99. The number of halogens is 2. The highest BCUT2D eigenvalue weighted by atomic mass is 32.1. The van der Waals surface area contributed by atoms with Crippen LogP contribution in [-0.4, -0.2) is 5.75 Å². The van der Waals surface area contributed by atoms with Gasteiger partial charge in [-0.05, 0) is 23.8 Å². The number of rotatable bonds is 2. The van der Waals surface area contributed by atoms with Gasteiger partial charge >= 0.3 is 0 Å². The van der Waals surface area contributed by atoms with Gasteiger partial charge in [-0.25, -0.2) is 8.78 Å². The predicted molar refractivity (Wildman–Crippen MR) is 43.9 cm³/mol. The number of thiol groups is 1. The monoisotopic (exact) mass is 174 g/mol. The molecule has 0 fully saturated rings. The Hall–Kier alpha value is -0.570. The summed E-state index contributed by atoms with van der Waals surface area (Å²) in [6.07, 6.45) is 0.465. The van der Waals surface area contributed by atoms with Crippen LogP contribution >= 0.6 is 12.6 Å². The quantitative estimate of drug-likeness (QED) is 0.654. The lowest BCUT2D eigenvalue weighted by atomic mass is 10.1. The summed E-state index contributed by atoms with van der Waals surface area (Å²) in [6.45, 7) is 0. The molecule has 0 aliphatic carbocycles.